The zero-order valence-electron chi connectivity index (χ0n) is 10.9. The molecule has 8 heteroatoms. The van der Waals surface area contributed by atoms with Crippen molar-refractivity contribution < 1.29 is 23.1 Å². The lowest BCUT2D eigenvalue weighted by Gasteiger charge is -2.04. The monoisotopic (exact) mass is 317 g/mol. The predicted molar refractivity (Wildman–Crippen MR) is 75.5 cm³/mol. The van der Waals surface area contributed by atoms with Crippen molar-refractivity contribution in [2.75, 3.05) is 19.0 Å². The Morgan fingerprint density at radius 2 is 2.30 bits per heavy atom. The molecule has 0 atom stereocenters. The molecule has 0 radical (unpaired) electrons. The smallest absolute Gasteiger partial charge is 0.322 e. The number of aliphatic hydroxyl groups excluding tert-OH is 1. The number of ether oxygens (including phenoxy) is 1. The summed E-state index contributed by atoms with van der Waals surface area (Å²) in [6, 6.07) is 1.72. The summed E-state index contributed by atoms with van der Waals surface area (Å²) < 4.78 is 30.1. The topological polar surface area (TPSA) is 92.7 Å². The molecule has 0 aliphatic heterocycles. The molecule has 0 fully saturated rings. The zero-order valence-corrected chi connectivity index (χ0v) is 12.5. The summed E-state index contributed by atoms with van der Waals surface area (Å²) >= 11 is 1.34. The Labute approximate surface area is 121 Å². The van der Waals surface area contributed by atoms with Gasteiger partial charge in [0.25, 0.3) is 0 Å². The van der Waals surface area contributed by atoms with Gasteiger partial charge in [-0.2, -0.15) is 0 Å². The number of carbonyl (C=O) groups is 1. The van der Waals surface area contributed by atoms with Gasteiger partial charge in [-0.1, -0.05) is 11.8 Å². The van der Waals surface area contributed by atoms with E-state index in [-0.39, 0.29) is 19.8 Å². The summed E-state index contributed by atoms with van der Waals surface area (Å²) in [6.45, 7) is 1.62. The first-order valence-electron chi connectivity index (χ1n) is 5.77. The zero-order chi connectivity index (χ0) is 15.0. The van der Waals surface area contributed by atoms with Gasteiger partial charge < -0.3 is 9.84 Å². The number of aliphatic hydroxyl groups is 1. The van der Waals surface area contributed by atoms with Crippen molar-refractivity contribution in [3.63, 3.8) is 0 Å². The Bertz CT molecular complexity index is 609. The van der Waals surface area contributed by atoms with Crippen molar-refractivity contribution in [1.29, 1.82) is 0 Å². The SMILES string of the molecule is CCOC(=O)CS(=O)(=O)NCc1cc(C#CCO)cs1. The van der Waals surface area contributed by atoms with E-state index >= 15 is 0 Å². The fourth-order valence-electron chi connectivity index (χ4n) is 1.27. The van der Waals surface area contributed by atoms with Gasteiger partial charge in [-0.3, -0.25) is 4.79 Å². The molecule has 0 bridgehead atoms. The van der Waals surface area contributed by atoms with Crippen LogP contribution < -0.4 is 4.72 Å². The summed E-state index contributed by atoms with van der Waals surface area (Å²) in [5, 5.41) is 10.3. The molecule has 2 N–H and O–H groups in total. The Hall–Kier alpha value is -1.40. The van der Waals surface area contributed by atoms with Gasteiger partial charge in [0, 0.05) is 22.4 Å². The van der Waals surface area contributed by atoms with Crippen LogP contribution in [0, 0.1) is 11.8 Å². The van der Waals surface area contributed by atoms with Gasteiger partial charge in [0.15, 0.2) is 5.75 Å². The molecule has 1 aromatic rings. The van der Waals surface area contributed by atoms with E-state index in [1.807, 2.05) is 0 Å². The Morgan fingerprint density at radius 3 is 2.95 bits per heavy atom. The number of carbonyl (C=O) groups excluding carboxylic acids is 1. The van der Waals surface area contributed by atoms with Crippen LogP contribution >= 0.6 is 11.3 Å². The molecule has 1 heterocycles. The summed E-state index contributed by atoms with van der Waals surface area (Å²) in [5.41, 5.74) is 0.712. The van der Waals surface area contributed by atoms with E-state index in [4.69, 9.17) is 5.11 Å². The fourth-order valence-corrected chi connectivity index (χ4v) is 2.99. The normalized spacial score (nSPS) is 10.7. The maximum Gasteiger partial charge on any atom is 0.322 e. The minimum absolute atomic E-state index is 0.0905. The molecular weight excluding hydrogens is 302 g/mol. The van der Waals surface area contributed by atoms with Gasteiger partial charge in [-0.05, 0) is 13.0 Å². The lowest BCUT2D eigenvalue weighted by atomic mass is 10.3. The number of hydrogen-bond donors (Lipinski definition) is 2. The minimum atomic E-state index is -3.70. The molecule has 0 aromatic carbocycles. The number of nitrogens with one attached hydrogen (secondary N) is 1. The van der Waals surface area contributed by atoms with E-state index in [2.05, 4.69) is 21.3 Å². The summed E-state index contributed by atoms with van der Waals surface area (Å²) in [6.07, 6.45) is 0. The number of esters is 1. The number of thiophene rings is 1. The lowest BCUT2D eigenvalue weighted by Crippen LogP contribution is -2.30. The summed E-state index contributed by atoms with van der Waals surface area (Å²) in [4.78, 5) is 11.9. The van der Waals surface area contributed by atoms with Gasteiger partial charge in [-0.25, -0.2) is 13.1 Å². The highest BCUT2D eigenvalue weighted by molar-refractivity contribution is 7.90. The lowest BCUT2D eigenvalue weighted by molar-refractivity contribution is -0.139. The Kier molecular flexibility index (Phi) is 6.67. The molecule has 1 rings (SSSR count). The summed E-state index contributed by atoms with van der Waals surface area (Å²) in [7, 11) is -3.70. The van der Waals surface area contributed by atoms with Gasteiger partial charge in [-0.15, -0.1) is 11.3 Å². The Balaban J connectivity index is 2.53. The average Bonchev–Trinajstić information content (AvgIpc) is 2.81. The maximum absolute atomic E-state index is 11.6. The van der Waals surface area contributed by atoms with Crippen LogP contribution in [0.5, 0.6) is 0 Å². The standard InChI is InChI=1S/C12H15NO5S2/c1-2-18-12(15)9-20(16,17)13-7-11-6-10(8-19-11)4-3-5-14/h6,8,13-14H,2,5,7,9H2,1H3. The minimum Gasteiger partial charge on any atom is -0.465 e. The molecule has 0 amide bonds. The molecule has 0 saturated carbocycles. The first kappa shape index (κ1) is 16.7. The third-order valence-corrected chi connectivity index (χ3v) is 4.18. The van der Waals surface area contributed by atoms with Gasteiger partial charge in [0.1, 0.15) is 6.61 Å². The predicted octanol–water partition coefficient (Wildman–Crippen LogP) is 0.0744. The Morgan fingerprint density at radius 1 is 1.55 bits per heavy atom. The van der Waals surface area contributed by atoms with Crippen molar-refractivity contribution in [1.82, 2.24) is 4.72 Å². The molecular formula is C12H15NO5S2. The van der Waals surface area contributed by atoms with Crippen LogP contribution in [0.2, 0.25) is 0 Å². The average molecular weight is 317 g/mol. The third kappa shape index (κ3) is 6.16. The van der Waals surface area contributed by atoms with Crippen molar-refractivity contribution in [2.24, 2.45) is 0 Å². The van der Waals surface area contributed by atoms with E-state index in [0.29, 0.717) is 5.56 Å². The van der Waals surface area contributed by atoms with Crippen molar-refractivity contribution >= 4 is 27.3 Å². The molecule has 0 aliphatic rings. The fraction of sp³-hybridized carbons (Fsp3) is 0.417. The molecule has 0 spiro atoms. The molecule has 0 unspecified atom stereocenters. The largest absolute Gasteiger partial charge is 0.465 e. The van der Waals surface area contributed by atoms with Crippen molar-refractivity contribution in [2.45, 2.75) is 13.5 Å². The second-order valence-electron chi connectivity index (χ2n) is 3.65. The van der Waals surface area contributed by atoms with Crippen molar-refractivity contribution in [3.05, 3.63) is 21.9 Å². The van der Waals surface area contributed by atoms with E-state index in [1.54, 1.807) is 18.4 Å². The first-order chi connectivity index (χ1) is 9.46. The number of rotatable bonds is 6. The van der Waals surface area contributed by atoms with E-state index < -0.39 is 21.7 Å². The number of hydrogen-bond acceptors (Lipinski definition) is 6. The quantitative estimate of drug-likeness (QED) is 0.572. The van der Waals surface area contributed by atoms with Crippen LogP contribution in [0.4, 0.5) is 0 Å². The highest BCUT2D eigenvalue weighted by Crippen LogP contribution is 2.13. The second kappa shape index (κ2) is 8.01. The van der Waals surface area contributed by atoms with Crippen molar-refractivity contribution in [3.8, 4) is 11.8 Å². The summed E-state index contributed by atoms with van der Waals surface area (Å²) in [5.74, 6) is 3.75. The van der Waals surface area contributed by atoms with Crippen LogP contribution in [-0.2, 0) is 26.1 Å². The van der Waals surface area contributed by atoms with Crippen LogP contribution in [0.15, 0.2) is 11.4 Å². The van der Waals surface area contributed by atoms with Gasteiger partial charge in [0.05, 0.1) is 6.61 Å². The third-order valence-electron chi connectivity index (χ3n) is 2.05. The van der Waals surface area contributed by atoms with Crippen LogP contribution in [0.1, 0.15) is 17.4 Å². The van der Waals surface area contributed by atoms with Crippen LogP contribution in [0.3, 0.4) is 0 Å². The molecule has 0 saturated heterocycles. The van der Waals surface area contributed by atoms with Gasteiger partial charge >= 0.3 is 5.97 Å². The van der Waals surface area contributed by atoms with Crippen LogP contribution in [0.25, 0.3) is 0 Å². The molecule has 6 nitrogen and oxygen atoms in total. The maximum atomic E-state index is 11.6. The van der Waals surface area contributed by atoms with E-state index in [9.17, 15) is 13.2 Å². The second-order valence-corrected chi connectivity index (χ2v) is 6.45. The molecule has 1 aromatic heterocycles. The van der Waals surface area contributed by atoms with Crippen LogP contribution in [-0.4, -0.2) is 38.5 Å². The molecule has 20 heavy (non-hydrogen) atoms. The highest BCUT2D eigenvalue weighted by Gasteiger charge is 2.17. The molecule has 110 valence electrons. The van der Waals surface area contributed by atoms with Gasteiger partial charge in [0.2, 0.25) is 10.0 Å². The van der Waals surface area contributed by atoms with E-state index in [0.717, 1.165) is 4.88 Å². The molecule has 0 aliphatic carbocycles. The van der Waals surface area contributed by atoms with E-state index in [1.165, 1.54) is 11.3 Å². The highest BCUT2D eigenvalue weighted by atomic mass is 32.2. The number of sulfonamides is 1. The first-order valence-corrected chi connectivity index (χ1v) is 8.30.